The number of nitrogens with zero attached hydrogens (tertiary/aromatic N) is 4. The number of carbonyl (C=O) groups excluding carboxylic acids is 2. The van der Waals surface area contributed by atoms with Crippen molar-refractivity contribution in [3.05, 3.63) is 52.9 Å². The number of aromatic nitrogens is 3. The molecule has 1 aliphatic heterocycles. The van der Waals surface area contributed by atoms with E-state index in [0.717, 1.165) is 28.3 Å². The number of esters is 1. The topological polar surface area (TPSA) is 130 Å². The predicted octanol–water partition coefficient (Wildman–Crippen LogP) is 5.40. The van der Waals surface area contributed by atoms with Crippen LogP contribution in [0.25, 0.3) is 10.4 Å². The molecule has 3 N–H and O–H groups in total. The van der Waals surface area contributed by atoms with Gasteiger partial charge in [0.1, 0.15) is 16.3 Å². The predicted molar refractivity (Wildman–Crippen MR) is 151 cm³/mol. The number of carbonyl (C=O) groups is 2. The first-order valence-electron chi connectivity index (χ1n) is 13.6. The van der Waals surface area contributed by atoms with Gasteiger partial charge in [0, 0.05) is 50.6 Å². The van der Waals surface area contributed by atoms with Crippen LogP contribution in [0.1, 0.15) is 55.3 Å². The van der Waals surface area contributed by atoms with Gasteiger partial charge in [0.2, 0.25) is 5.95 Å². The summed E-state index contributed by atoms with van der Waals surface area (Å²) in [6.45, 7) is 5.09. The van der Waals surface area contributed by atoms with Gasteiger partial charge in [-0.15, -0.1) is 11.3 Å². The van der Waals surface area contributed by atoms with Gasteiger partial charge in [-0.2, -0.15) is 13.2 Å². The molecule has 2 aromatic heterocycles. The Morgan fingerprint density at radius 3 is 2.76 bits per heavy atom. The average molecular weight is 607 g/mol. The number of thiazole rings is 1. The summed E-state index contributed by atoms with van der Waals surface area (Å²) in [6, 6.07) is 6.02. The molecule has 1 fully saturated rings. The second-order valence-electron chi connectivity index (χ2n) is 10.0. The zero-order chi connectivity index (χ0) is 30.3. The van der Waals surface area contributed by atoms with Crippen molar-refractivity contribution < 1.29 is 32.6 Å². The molecule has 3 aromatic rings. The Bertz CT molecular complexity index is 1400. The van der Waals surface area contributed by atoms with Crippen molar-refractivity contribution in [2.24, 2.45) is 0 Å². The van der Waals surface area contributed by atoms with Crippen LogP contribution in [0.3, 0.4) is 0 Å². The second-order valence-corrected chi connectivity index (χ2v) is 11.0. The number of ether oxygens (including phenoxy) is 1. The minimum Gasteiger partial charge on any atom is -0.466 e. The van der Waals surface area contributed by atoms with Crippen molar-refractivity contribution in [1.29, 1.82) is 0 Å². The lowest BCUT2D eigenvalue weighted by molar-refractivity contribution is -0.143. The molecule has 1 unspecified atom stereocenters. The summed E-state index contributed by atoms with van der Waals surface area (Å²) in [5, 5.41) is 17.7. The normalized spacial score (nSPS) is 17.4. The van der Waals surface area contributed by atoms with E-state index in [-0.39, 0.29) is 24.4 Å². The SMILES string of the molecule is CCOC(=O)CCCNC(=O)N1CCCC(O)(c2ncc(-c3cc(C)cc(Nc4nccc(C(F)(F)F)n4)c3)s2)CC1. The lowest BCUT2D eigenvalue weighted by atomic mass is 9.96. The summed E-state index contributed by atoms with van der Waals surface area (Å²) in [5.74, 6) is -0.469. The van der Waals surface area contributed by atoms with Gasteiger partial charge >= 0.3 is 18.2 Å². The largest absolute Gasteiger partial charge is 0.466 e. The number of hydrogen-bond acceptors (Lipinski definition) is 9. The van der Waals surface area contributed by atoms with Gasteiger partial charge in [-0.3, -0.25) is 4.79 Å². The van der Waals surface area contributed by atoms with Gasteiger partial charge in [-0.25, -0.2) is 19.7 Å². The number of rotatable bonds is 9. The molecule has 14 heteroatoms. The Morgan fingerprint density at radius 1 is 1.19 bits per heavy atom. The van der Waals surface area contributed by atoms with E-state index < -0.39 is 17.5 Å². The molecule has 1 saturated heterocycles. The van der Waals surface area contributed by atoms with Crippen LogP contribution >= 0.6 is 11.3 Å². The van der Waals surface area contributed by atoms with Gasteiger partial charge in [0.05, 0.1) is 11.5 Å². The summed E-state index contributed by atoms with van der Waals surface area (Å²) in [4.78, 5) is 38.5. The Kier molecular flexibility index (Phi) is 9.99. The van der Waals surface area contributed by atoms with E-state index in [2.05, 4.69) is 25.6 Å². The highest BCUT2D eigenvalue weighted by Crippen LogP contribution is 2.39. The van der Waals surface area contributed by atoms with Crippen LogP contribution in [0.5, 0.6) is 0 Å². The molecule has 4 rings (SSSR count). The highest BCUT2D eigenvalue weighted by molar-refractivity contribution is 7.15. The molecular formula is C28H33F3N6O4S. The third kappa shape index (κ3) is 8.16. The Hall–Kier alpha value is -3.78. The lowest BCUT2D eigenvalue weighted by Gasteiger charge is -2.25. The number of alkyl halides is 3. The first kappa shape index (κ1) is 31.2. The highest BCUT2D eigenvalue weighted by atomic mass is 32.1. The van der Waals surface area contributed by atoms with Gasteiger partial charge in [-0.1, -0.05) is 6.07 Å². The average Bonchev–Trinajstić information content (AvgIpc) is 3.35. The van der Waals surface area contributed by atoms with Crippen LogP contribution in [-0.2, 0) is 21.3 Å². The molecule has 10 nitrogen and oxygen atoms in total. The quantitative estimate of drug-likeness (QED) is 0.218. The third-order valence-corrected chi connectivity index (χ3v) is 7.95. The molecule has 0 spiro atoms. The summed E-state index contributed by atoms with van der Waals surface area (Å²) < 4.78 is 44.1. The summed E-state index contributed by atoms with van der Waals surface area (Å²) >= 11 is 1.33. The fourth-order valence-corrected chi connectivity index (χ4v) is 5.68. The number of benzene rings is 1. The van der Waals surface area contributed by atoms with E-state index in [1.54, 1.807) is 30.2 Å². The van der Waals surface area contributed by atoms with Gasteiger partial charge in [0.25, 0.3) is 0 Å². The van der Waals surface area contributed by atoms with Crippen LogP contribution in [0.2, 0.25) is 0 Å². The molecule has 0 radical (unpaired) electrons. The van der Waals surface area contributed by atoms with Crippen LogP contribution in [0.15, 0.2) is 36.7 Å². The monoisotopic (exact) mass is 606 g/mol. The van der Waals surface area contributed by atoms with Gasteiger partial charge < -0.3 is 25.4 Å². The van der Waals surface area contributed by atoms with E-state index in [4.69, 9.17) is 4.74 Å². The highest BCUT2D eigenvalue weighted by Gasteiger charge is 2.36. The lowest BCUT2D eigenvalue weighted by Crippen LogP contribution is -2.41. The number of amides is 2. The van der Waals surface area contributed by atoms with Crippen LogP contribution < -0.4 is 10.6 Å². The smallest absolute Gasteiger partial charge is 0.433 e. The number of hydrogen-bond donors (Lipinski definition) is 3. The number of aliphatic hydroxyl groups is 1. The first-order chi connectivity index (χ1) is 20.0. The maximum absolute atomic E-state index is 13.1. The number of likely N-dealkylation sites (tertiary alicyclic amines) is 1. The van der Waals surface area contributed by atoms with Crippen LogP contribution in [0.4, 0.5) is 29.6 Å². The van der Waals surface area contributed by atoms with E-state index in [0.29, 0.717) is 62.6 Å². The van der Waals surface area contributed by atoms with Gasteiger partial charge in [-0.05, 0) is 62.4 Å². The maximum Gasteiger partial charge on any atom is 0.433 e. The molecule has 1 atom stereocenters. The molecule has 3 heterocycles. The zero-order valence-electron chi connectivity index (χ0n) is 23.3. The van der Waals surface area contributed by atoms with E-state index in [9.17, 15) is 27.9 Å². The minimum atomic E-state index is -4.58. The Balaban J connectivity index is 1.40. The standard InChI is InChI=1S/C28H33F3N6O4S/c1-3-41-23(38)6-4-10-33-26(39)37-12-5-8-27(40,9-13-37)24-34-17-21(42-24)19-14-18(2)15-20(16-19)35-25-32-11-7-22(36-25)28(29,30)31/h7,11,14-17,40H,3-6,8-10,12-13H2,1-2H3,(H,33,39)(H,32,35,36). The van der Waals surface area contributed by atoms with E-state index in [1.807, 2.05) is 13.0 Å². The summed E-state index contributed by atoms with van der Waals surface area (Å²) in [5.41, 5.74) is -0.111. The summed E-state index contributed by atoms with van der Waals surface area (Å²) in [6.07, 6.45) is 0.164. The minimum absolute atomic E-state index is 0.174. The Labute approximate surface area is 245 Å². The maximum atomic E-state index is 13.1. The fourth-order valence-electron chi connectivity index (χ4n) is 4.64. The summed E-state index contributed by atoms with van der Waals surface area (Å²) in [7, 11) is 0. The molecule has 1 aromatic carbocycles. The van der Waals surface area contributed by atoms with Crippen molar-refractivity contribution in [2.45, 2.75) is 57.7 Å². The third-order valence-electron chi connectivity index (χ3n) is 6.71. The number of urea groups is 1. The van der Waals surface area contributed by atoms with Crippen molar-refractivity contribution in [1.82, 2.24) is 25.2 Å². The van der Waals surface area contributed by atoms with Gasteiger partial charge in [0.15, 0.2) is 0 Å². The second kappa shape index (κ2) is 13.5. The first-order valence-corrected chi connectivity index (χ1v) is 14.4. The van der Waals surface area contributed by atoms with E-state index >= 15 is 0 Å². The Morgan fingerprint density at radius 2 is 2.00 bits per heavy atom. The molecule has 42 heavy (non-hydrogen) atoms. The van der Waals surface area contributed by atoms with Crippen LogP contribution in [-0.4, -0.2) is 63.2 Å². The molecule has 0 aliphatic carbocycles. The van der Waals surface area contributed by atoms with E-state index in [1.165, 1.54) is 11.3 Å². The number of nitrogens with one attached hydrogen (secondary N) is 2. The number of halogens is 3. The van der Waals surface area contributed by atoms with Crippen molar-refractivity contribution in [3.63, 3.8) is 0 Å². The molecule has 226 valence electrons. The molecular weight excluding hydrogens is 573 g/mol. The van der Waals surface area contributed by atoms with Crippen molar-refractivity contribution in [2.75, 3.05) is 31.6 Å². The van der Waals surface area contributed by atoms with Crippen molar-refractivity contribution in [3.8, 4) is 10.4 Å². The van der Waals surface area contributed by atoms with Crippen molar-refractivity contribution >= 4 is 35.0 Å². The molecule has 2 amide bonds. The van der Waals surface area contributed by atoms with Crippen LogP contribution in [0, 0.1) is 6.92 Å². The number of aryl methyl sites for hydroxylation is 1. The molecule has 0 bridgehead atoms. The number of anilines is 2. The molecule has 1 aliphatic rings. The zero-order valence-corrected chi connectivity index (χ0v) is 24.1. The molecule has 0 saturated carbocycles. The fraction of sp³-hybridized carbons (Fsp3) is 0.464.